The van der Waals surface area contributed by atoms with E-state index >= 15 is 0 Å². The molecular formula is C6H8O6. The van der Waals surface area contributed by atoms with Gasteiger partial charge in [-0.05, 0) is 6.42 Å². The Morgan fingerprint density at radius 2 is 1.50 bits per heavy atom. The first-order valence-corrected chi connectivity index (χ1v) is 3.38. The van der Waals surface area contributed by atoms with Gasteiger partial charge in [-0.2, -0.15) is 0 Å². The van der Waals surface area contributed by atoms with Crippen molar-refractivity contribution in [2.75, 3.05) is 0 Å². The minimum Gasteiger partial charge on any atom is -0.450 e. The molecule has 1 aliphatic rings. The average molecular weight is 176 g/mol. The van der Waals surface area contributed by atoms with Gasteiger partial charge in [-0.1, -0.05) is 0 Å². The zero-order chi connectivity index (χ0) is 9.19. The smallest absolute Gasteiger partial charge is 0.450 e. The quantitative estimate of drug-likeness (QED) is 0.485. The van der Waals surface area contributed by atoms with Crippen LogP contribution in [0.1, 0.15) is 19.3 Å². The molecule has 0 aliphatic heterocycles. The maximum atomic E-state index is 10.1. The maximum Gasteiger partial charge on any atom is 0.509 e. The van der Waals surface area contributed by atoms with Crippen LogP contribution in [0, 0.1) is 0 Å². The van der Waals surface area contributed by atoms with Crippen molar-refractivity contribution in [3.63, 3.8) is 0 Å². The van der Waals surface area contributed by atoms with E-state index < -0.39 is 18.1 Å². The molecule has 2 N–H and O–H groups in total. The summed E-state index contributed by atoms with van der Waals surface area (Å²) >= 11 is 0. The summed E-state index contributed by atoms with van der Waals surface area (Å²) in [5.74, 6) is -1.43. The predicted molar refractivity (Wildman–Crippen MR) is 34.8 cm³/mol. The van der Waals surface area contributed by atoms with Gasteiger partial charge in [-0.25, -0.2) is 9.59 Å². The molecule has 12 heavy (non-hydrogen) atoms. The van der Waals surface area contributed by atoms with E-state index in [2.05, 4.69) is 9.47 Å². The van der Waals surface area contributed by atoms with Crippen molar-refractivity contribution >= 4 is 12.3 Å². The van der Waals surface area contributed by atoms with Gasteiger partial charge in [-0.15, -0.1) is 0 Å². The lowest BCUT2D eigenvalue weighted by Gasteiger charge is -2.37. The lowest BCUT2D eigenvalue weighted by atomic mass is 9.91. The monoisotopic (exact) mass is 176 g/mol. The number of hydrogen-bond donors (Lipinski definition) is 2. The van der Waals surface area contributed by atoms with Crippen molar-refractivity contribution in [2.24, 2.45) is 0 Å². The number of carboxylic acid groups (broad SMARTS) is 2. The van der Waals surface area contributed by atoms with Crippen molar-refractivity contribution in [1.29, 1.82) is 0 Å². The molecular weight excluding hydrogens is 168 g/mol. The summed E-state index contributed by atoms with van der Waals surface area (Å²) in [7, 11) is 0. The van der Waals surface area contributed by atoms with Crippen LogP contribution in [0.2, 0.25) is 0 Å². The molecule has 0 atom stereocenters. The highest BCUT2D eigenvalue weighted by atomic mass is 16.8. The third-order valence-electron chi connectivity index (χ3n) is 1.66. The van der Waals surface area contributed by atoms with Gasteiger partial charge in [0, 0.05) is 12.8 Å². The van der Waals surface area contributed by atoms with Crippen LogP contribution < -0.4 is 0 Å². The molecule has 0 unspecified atom stereocenters. The molecule has 0 spiro atoms. The second kappa shape index (κ2) is 2.88. The zero-order valence-electron chi connectivity index (χ0n) is 6.15. The molecule has 0 radical (unpaired) electrons. The first kappa shape index (κ1) is 8.63. The minimum atomic E-state index is -1.52. The Balaban J connectivity index is 2.50. The molecule has 0 saturated heterocycles. The lowest BCUT2D eigenvalue weighted by Crippen LogP contribution is -2.45. The first-order valence-electron chi connectivity index (χ1n) is 3.38. The van der Waals surface area contributed by atoms with Gasteiger partial charge in [0.1, 0.15) is 0 Å². The highest BCUT2D eigenvalue weighted by molar-refractivity contribution is 5.60. The largest absolute Gasteiger partial charge is 0.509 e. The Labute approximate surface area is 67.7 Å². The topological polar surface area (TPSA) is 93.1 Å². The van der Waals surface area contributed by atoms with Crippen LogP contribution in [0.4, 0.5) is 9.59 Å². The Morgan fingerprint density at radius 1 is 1.08 bits per heavy atom. The van der Waals surface area contributed by atoms with E-state index in [0.29, 0.717) is 19.3 Å². The van der Waals surface area contributed by atoms with Crippen molar-refractivity contribution in [2.45, 2.75) is 25.0 Å². The Kier molecular flexibility index (Phi) is 2.07. The van der Waals surface area contributed by atoms with E-state index in [4.69, 9.17) is 10.2 Å². The summed E-state index contributed by atoms with van der Waals surface area (Å²) in [6.45, 7) is 0. The van der Waals surface area contributed by atoms with Crippen molar-refractivity contribution < 1.29 is 29.3 Å². The Morgan fingerprint density at radius 3 is 1.67 bits per heavy atom. The van der Waals surface area contributed by atoms with Crippen LogP contribution in [0.5, 0.6) is 0 Å². The van der Waals surface area contributed by atoms with Crippen LogP contribution in [0.25, 0.3) is 0 Å². The van der Waals surface area contributed by atoms with Crippen molar-refractivity contribution in [3.8, 4) is 0 Å². The van der Waals surface area contributed by atoms with Crippen molar-refractivity contribution in [1.82, 2.24) is 0 Å². The maximum absolute atomic E-state index is 10.1. The molecule has 1 rings (SSSR count). The zero-order valence-corrected chi connectivity index (χ0v) is 6.15. The second-order valence-corrected chi connectivity index (χ2v) is 2.50. The van der Waals surface area contributed by atoms with Gasteiger partial charge in [-0.3, -0.25) is 0 Å². The number of rotatable bonds is 2. The van der Waals surface area contributed by atoms with E-state index in [0.717, 1.165) is 0 Å². The molecule has 1 saturated carbocycles. The highest BCUT2D eigenvalue weighted by Crippen LogP contribution is 2.36. The highest BCUT2D eigenvalue weighted by Gasteiger charge is 2.45. The van der Waals surface area contributed by atoms with E-state index in [-0.39, 0.29) is 0 Å². The summed E-state index contributed by atoms with van der Waals surface area (Å²) in [6.07, 6.45) is -1.73. The number of hydrogen-bond acceptors (Lipinski definition) is 4. The number of ether oxygens (including phenoxy) is 2. The van der Waals surface area contributed by atoms with E-state index in [1.807, 2.05) is 0 Å². The summed E-state index contributed by atoms with van der Waals surface area (Å²) in [5.41, 5.74) is 0. The lowest BCUT2D eigenvalue weighted by molar-refractivity contribution is -0.224. The van der Waals surface area contributed by atoms with Gasteiger partial charge in [0.05, 0.1) is 0 Å². The molecule has 0 aromatic rings. The normalized spacial score (nSPS) is 19.0. The Hall–Kier alpha value is -1.46. The van der Waals surface area contributed by atoms with Crippen LogP contribution in [0.3, 0.4) is 0 Å². The molecule has 0 heterocycles. The van der Waals surface area contributed by atoms with E-state index in [1.165, 1.54) is 0 Å². The molecule has 6 nitrogen and oxygen atoms in total. The number of carbonyl (C=O) groups is 2. The van der Waals surface area contributed by atoms with Crippen LogP contribution in [0.15, 0.2) is 0 Å². The fourth-order valence-corrected chi connectivity index (χ4v) is 1.01. The second-order valence-electron chi connectivity index (χ2n) is 2.50. The molecule has 0 bridgehead atoms. The van der Waals surface area contributed by atoms with Crippen molar-refractivity contribution in [3.05, 3.63) is 0 Å². The van der Waals surface area contributed by atoms with Crippen LogP contribution in [-0.4, -0.2) is 28.3 Å². The fourth-order valence-electron chi connectivity index (χ4n) is 1.01. The SMILES string of the molecule is O=C(O)OC1(OC(=O)O)CCC1. The van der Waals surface area contributed by atoms with E-state index in [1.54, 1.807) is 0 Å². The van der Waals surface area contributed by atoms with Gasteiger partial charge >= 0.3 is 12.3 Å². The third kappa shape index (κ3) is 1.77. The molecule has 1 fully saturated rings. The van der Waals surface area contributed by atoms with Gasteiger partial charge in [0.25, 0.3) is 5.79 Å². The average Bonchev–Trinajstić information content (AvgIpc) is 1.80. The minimum absolute atomic E-state index is 0.297. The Bertz CT molecular complexity index is 188. The molecule has 0 aromatic carbocycles. The summed E-state index contributed by atoms with van der Waals surface area (Å²) < 4.78 is 8.60. The summed E-state index contributed by atoms with van der Waals surface area (Å²) in [4.78, 5) is 20.2. The van der Waals surface area contributed by atoms with Gasteiger partial charge < -0.3 is 19.7 Å². The first-order chi connectivity index (χ1) is 5.54. The third-order valence-corrected chi connectivity index (χ3v) is 1.66. The summed E-state index contributed by atoms with van der Waals surface area (Å²) in [6, 6.07) is 0. The van der Waals surface area contributed by atoms with Gasteiger partial charge in [0.15, 0.2) is 0 Å². The van der Waals surface area contributed by atoms with Crippen LogP contribution >= 0.6 is 0 Å². The predicted octanol–water partition coefficient (Wildman–Crippen LogP) is 1.26. The molecule has 0 amide bonds. The standard InChI is InChI=1S/C6H8O6/c7-4(8)11-6(2-1-3-6)12-5(9)10/h1-3H2,(H,7,8)(H,9,10). The van der Waals surface area contributed by atoms with Gasteiger partial charge in [0.2, 0.25) is 0 Å². The fraction of sp³-hybridized carbons (Fsp3) is 0.667. The van der Waals surface area contributed by atoms with E-state index in [9.17, 15) is 9.59 Å². The molecule has 1 aliphatic carbocycles. The molecule has 6 heteroatoms. The molecule has 68 valence electrons. The molecule has 0 aromatic heterocycles. The van der Waals surface area contributed by atoms with Crippen LogP contribution in [-0.2, 0) is 9.47 Å². The summed E-state index contributed by atoms with van der Waals surface area (Å²) in [5, 5.41) is 16.5.